The molecule has 3 aromatic heterocycles. The molecule has 6 nitrogen and oxygen atoms in total. The lowest BCUT2D eigenvalue weighted by Crippen LogP contribution is -2.44. The van der Waals surface area contributed by atoms with Gasteiger partial charge in [0.05, 0.1) is 11.7 Å². The number of hydrogen-bond acceptors (Lipinski definition) is 6. The fourth-order valence-corrected chi connectivity index (χ4v) is 4.07. The third kappa shape index (κ3) is 2.62. The van der Waals surface area contributed by atoms with Crippen molar-refractivity contribution in [3.05, 3.63) is 43.0 Å². The molecule has 5 rings (SSSR count). The summed E-state index contributed by atoms with van der Waals surface area (Å²) in [6.07, 6.45) is 9.64. The molecule has 2 atom stereocenters. The molecule has 0 radical (unpaired) electrons. The van der Waals surface area contributed by atoms with Crippen LogP contribution < -0.4 is 10.2 Å². The molecule has 25 heavy (non-hydrogen) atoms. The summed E-state index contributed by atoms with van der Waals surface area (Å²) in [5.74, 6) is 2.49. The van der Waals surface area contributed by atoms with Crippen LogP contribution >= 0.6 is 0 Å². The van der Waals surface area contributed by atoms with E-state index in [1.807, 2.05) is 30.6 Å². The maximum atomic E-state index is 4.95. The summed E-state index contributed by atoms with van der Waals surface area (Å²) < 4.78 is 0. The summed E-state index contributed by atoms with van der Waals surface area (Å²) in [4.78, 5) is 20.5. The fourth-order valence-electron chi connectivity index (χ4n) is 4.07. The van der Waals surface area contributed by atoms with Gasteiger partial charge in [0.1, 0.15) is 5.82 Å². The third-order valence-corrected chi connectivity index (χ3v) is 5.37. The number of fused-ring (bicyclic) bond motifs is 2. The van der Waals surface area contributed by atoms with Gasteiger partial charge in [0, 0.05) is 48.7 Å². The molecule has 0 bridgehead atoms. The van der Waals surface area contributed by atoms with E-state index < -0.39 is 0 Å². The molecular weight excluding hydrogens is 312 g/mol. The Morgan fingerprint density at radius 1 is 1.00 bits per heavy atom. The lowest BCUT2D eigenvalue weighted by atomic mass is 9.93. The highest BCUT2D eigenvalue weighted by atomic mass is 15.2. The molecule has 0 aromatic carbocycles. The van der Waals surface area contributed by atoms with Crippen LogP contribution in [-0.4, -0.2) is 45.6 Å². The van der Waals surface area contributed by atoms with Gasteiger partial charge in [0.15, 0.2) is 5.82 Å². The first kappa shape index (κ1) is 14.7. The molecule has 5 heterocycles. The van der Waals surface area contributed by atoms with Crippen LogP contribution in [0.15, 0.2) is 43.0 Å². The van der Waals surface area contributed by atoms with E-state index in [1.165, 1.54) is 12.8 Å². The van der Waals surface area contributed by atoms with Crippen LogP contribution in [0.3, 0.4) is 0 Å². The molecule has 2 aliphatic rings. The van der Waals surface area contributed by atoms with E-state index in [0.29, 0.717) is 12.0 Å². The largest absolute Gasteiger partial charge is 0.356 e. The van der Waals surface area contributed by atoms with Crippen LogP contribution in [0.1, 0.15) is 12.8 Å². The number of piperidine rings is 1. The number of nitrogens with one attached hydrogen (secondary N) is 1. The molecule has 0 spiro atoms. The van der Waals surface area contributed by atoms with Crippen LogP contribution in [0.25, 0.3) is 22.3 Å². The first-order chi connectivity index (χ1) is 12.4. The van der Waals surface area contributed by atoms with Crippen molar-refractivity contribution >= 4 is 16.7 Å². The summed E-state index contributed by atoms with van der Waals surface area (Å²) in [6.45, 7) is 3.22. The molecule has 1 unspecified atom stereocenters. The average molecular weight is 332 g/mol. The van der Waals surface area contributed by atoms with Gasteiger partial charge in [-0.1, -0.05) is 0 Å². The molecule has 0 amide bonds. The molecule has 2 aliphatic heterocycles. The number of rotatable bonds is 2. The molecule has 0 aliphatic carbocycles. The number of aromatic nitrogens is 4. The van der Waals surface area contributed by atoms with Gasteiger partial charge < -0.3 is 10.2 Å². The van der Waals surface area contributed by atoms with Gasteiger partial charge in [-0.25, -0.2) is 9.97 Å². The first-order valence-corrected chi connectivity index (χ1v) is 8.89. The molecular formula is C19H20N6. The van der Waals surface area contributed by atoms with Gasteiger partial charge in [0.2, 0.25) is 0 Å². The summed E-state index contributed by atoms with van der Waals surface area (Å²) in [7, 11) is 0. The molecule has 2 fully saturated rings. The van der Waals surface area contributed by atoms with Gasteiger partial charge in [-0.2, -0.15) is 0 Å². The minimum Gasteiger partial charge on any atom is -0.356 e. The molecule has 6 heteroatoms. The van der Waals surface area contributed by atoms with Crippen LogP contribution in [0.5, 0.6) is 0 Å². The van der Waals surface area contributed by atoms with Crippen molar-refractivity contribution in [3.63, 3.8) is 0 Å². The average Bonchev–Trinajstić information content (AvgIpc) is 3.15. The maximum Gasteiger partial charge on any atom is 0.162 e. The van der Waals surface area contributed by atoms with Crippen molar-refractivity contribution in [2.24, 2.45) is 5.92 Å². The Kier molecular flexibility index (Phi) is 3.56. The zero-order valence-electron chi connectivity index (χ0n) is 14.0. The van der Waals surface area contributed by atoms with Crippen LogP contribution in [0.2, 0.25) is 0 Å². The zero-order valence-corrected chi connectivity index (χ0v) is 14.0. The van der Waals surface area contributed by atoms with Crippen molar-refractivity contribution in [1.82, 2.24) is 25.3 Å². The van der Waals surface area contributed by atoms with Crippen LogP contribution in [-0.2, 0) is 0 Å². The molecule has 0 saturated carbocycles. The van der Waals surface area contributed by atoms with Crippen molar-refractivity contribution in [1.29, 1.82) is 0 Å². The topological polar surface area (TPSA) is 66.8 Å². The van der Waals surface area contributed by atoms with E-state index in [9.17, 15) is 0 Å². The van der Waals surface area contributed by atoms with Crippen molar-refractivity contribution in [2.75, 3.05) is 24.5 Å². The molecule has 1 N–H and O–H groups in total. The number of hydrogen-bond donors (Lipinski definition) is 1. The van der Waals surface area contributed by atoms with E-state index in [-0.39, 0.29) is 0 Å². The highest BCUT2D eigenvalue weighted by Crippen LogP contribution is 2.32. The Morgan fingerprint density at radius 3 is 2.80 bits per heavy atom. The van der Waals surface area contributed by atoms with Gasteiger partial charge in [-0.3, -0.25) is 9.97 Å². The lowest BCUT2D eigenvalue weighted by molar-refractivity contribution is 0.375. The van der Waals surface area contributed by atoms with E-state index in [4.69, 9.17) is 9.97 Å². The second-order valence-corrected chi connectivity index (χ2v) is 6.84. The second kappa shape index (κ2) is 6.04. The Hall–Kier alpha value is -2.60. The lowest BCUT2D eigenvalue weighted by Gasteiger charge is -2.36. The summed E-state index contributed by atoms with van der Waals surface area (Å²) in [6, 6.07) is 6.61. The smallest absolute Gasteiger partial charge is 0.162 e. The molecule has 3 aromatic rings. The fraction of sp³-hybridized carbons (Fsp3) is 0.368. The van der Waals surface area contributed by atoms with Crippen molar-refractivity contribution in [2.45, 2.75) is 18.9 Å². The Balaban J connectivity index is 1.61. The highest BCUT2D eigenvalue weighted by molar-refractivity contribution is 5.90. The zero-order chi connectivity index (χ0) is 16.6. The first-order valence-electron chi connectivity index (χ1n) is 8.89. The number of pyridine rings is 2. The Morgan fingerprint density at radius 2 is 1.88 bits per heavy atom. The molecule has 126 valence electrons. The van der Waals surface area contributed by atoms with E-state index in [0.717, 1.165) is 47.7 Å². The van der Waals surface area contributed by atoms with Gasteiger partial charge in [0.25, 0.3) is 0 Å². The van der Waals surface area contributed by atoms with E-state index in [1.54, 1.807) is 12.4 Å². The number of anilines is 1. The SMILES string of the molecule is c1cc(-c2nc(N3CCC4NCC[C@H]4C3)c3ccncc3n2)ccn1. The highest BCUT2D eigenvalue weighted by Gasteiger charge is 2.33. The second-order valence-electron chi connectivity index (χ2n) is 6.84. The number of nitrogens with zero attached hydrogens (tertiary/aromatic N) is 5. The predicted octanol–water partition coefficient (Wildman–Crippen LogP) is 2.28. The van der Waals surface area contributed by atoms with Crippen molar-refractivity contribution in [3.8, 4) is 11.4 Å². The summed E-state index contributed by atoms with van der Waals surface area (Å²) in [5.41, 5.74) is 1.88. The third-order valence-electron chi connectivity index (χ3n) is 5.37. The minimum atomic E-state index is 0.672. The van der Waals surface area contributed by atoms with Crippen LogP contribution in [0, 0.1) is 5.92 Å². The summed E-state index contributed by atoms with van der Waals surface area (Å²) in [5, 5.41) is 4.71. The Bertz CT molecular complexity index is 897. The van der Waals surface area contributed by atoms with Crippen molar-refractivity contribution < 1.29 is 0 Å². The maximum absolute atomic E-state index is 4.95. The minimum absolute atomic E-state index is 0.672. The summed E-state index contributed by atoms with van der Waals surface area (Å²) >= 11 is 0. The molecule has 2 saturated heterocycles. The van der Waals surface area contributed by atoms with Gasteiger partial charge in [-0.15, -0.1) is 0 Å². The Labute approximate surface area is 146 Å². The van der Waals surface area contributed by atoms with Gasteiger partial charge >= 0.3 is 0 Å². The van der Waals surface area contributed by atoms with E-state index in [2.05, 4.69) is 20.2 Å². The quantitative estimate of drug-likeness (QED) is 0.776. The normalized spacial score (nSPS) is 23.0. The standard InChI is InChI=1S/C19H20N6/c1-6-20-7-2-13(1)18-23-17-11-21-8-4-15(17)19(24-18)25-10-5-16-14(12-25)3-9-22-16/h1-2,4,6-8,11,14,16,22H,3,5,9-10,12H2/t14-,16?/m0/s1. The van der Waals surface area contributed by atoms with Gasteiger partial charge in [-0.05, 0) is 43.5 Å². The van der Waals surface area contributed by atoms with E-state index >= 15 is 0 Å². The van der Waals surface area contributed by atoms with Crippen LogP contribution in [0.4, 0.5) is 5.82 Å². The monoisotopic (exact) mass is 332 g/mol. The predicted molar refractivity (Wildman–Crippen MR) is 97.3 cm³/mol.